The Bertz CT molecular complexity index is 1230. The average Bonchev–Trinajstić information content (AvgIpc) is 2.82. The lowest BCUT2D eigenvalue weighted by molar-refractivity contribution is -0.139. The molecule has 7 heteroatoms. The highest BCUT2D eigenvalue weighted by Gasteiger charge is 2.42. The van der Waals surface area contributed by atoms with Crippen LogP contribution in [0.1, 0.15) is 48.2 Å². The number of carboxylic acids is 1. The van der Waals surface area contributed by atoms with Gasteiger partial charge in [0.05, 0.1) is 16.7 Å². The maximum Gasteiger partial charge on any atom is 0.341 e. The summed E-state index contributed by atoms with van der Waals surface area (Å²) in [6, 6.07) is 18.6. The molecule has 182 valence electrons. The zero-order valence-electron chi connectivity index (χ0n) is 19.1. The third-order valence-corrected chi connectivity index (χ3v) is 6.84. The van der Waals surface area contributed by atoms with Crippen LogP contribution in [0, 0.1) is 17.6 Å². The van der Waals surface area contributed by atoms with Gasteiger partial charge in [-0.15, -0.1) is 0 Å². The largest absolute Gasteiger partial charge is 0.480 e. The fraction of sp³-hybridized carbons (Fsp3) is 0.250. The molecule has 4 atom stereocenters. The van der Waals surface area contributed by atoms with Gasteiger partial charge in [-0.1, -0.05) is 54.6 Å². The molecule has 0 unspecified atom stereocenters. The highest BCUT2D eigenvalue weighted by Crippen LogP contribution is 2.53. The predicted molar refractivity (Wildman–Crippen MR) is 132 cm³/mol. The monoisotopic (exact) mass is 542 g/mol. The minimum absolute atomic E-state index is 0.115. The molecule has 0 spiro atoms. The van der Waals surface area contributed by atoms with Crippen molar-refractivity contribution < 1.29 is 28.2 Å². The van der Waals surface area contributed by atoms with Crippen molar-refractivity contribution in [3.05, 3.63) is 112 Å². The minimum atomic E-state index is -1.16. The maximum absolute atomic E-state index is 14.6. The number of aliphatic carboxylic acids is 1. The molecule has 0 bridgehead atoms. The van der Waals surface area contributed by atoms with E-state index in [1.807, 2.05) is 43.3 Å². The topological polar surface area (TPSA) is 55.8 Å². The normalized spacial score (nSPS) is 21.9. The quantitative estimate of drug-likeness (QED) is 0.316. The van der Waals surface area contributed by atoms with Crippen LogP contribution in [0.15, 0.2) is 83.4 Å². The fourth-order valence-electron chi connectivity index (χ4n) is 4.70. The van der Waals surface area contributed by atoms with Crippen LogP contribution in [0.5, 0.6) is 5.75 Å². The first-order valence-electron chi connectivity index (χ1n) is 11.2. The molecule has 0 aliphatic carbocycles. The number of hydrogen-bond acceptors (Lipinski definition) is 3. The summed E-state index contributed by atoms with van der Waals surface area (Å²) >= 11 is 3.30. The lowest BCUT2D eigenvalue weighted by Crippen LogP contribution is -2.32. The van der Waals surface area contributed by atoms with E-state index < -0.39 is 30.6 Å². The lowest BCUT2D eigenvalue weighted by Gasteiger charge is -2.43. The van der Waals surface area contributed by atoms with Gasteiger partial charge in [0.15, 0.2) is 6.61 Å². The summed E-state index contributed by atoms with van der Waals surface area (Å²) in [5, 5.41) is 9.14. The Labute approximate surface area is 211 Å². The second kappa shape index (κ2) is 10.7. The molecule has 1 fully saturated rings. The van der Waals surface area contributed by atoms with Crippen LogP contribution in [0.3, 0.4) is 0 Å². The number of rotatable bonds is 7. The summed E-state index contributed by atoms with van der Waals surface area (Å²) in [4.78, 5) is 11.2. The van der Waals surface area contributed by atoms with Crippen LogP contribution < -0.4 is 4.74 Å². The van der Waals surface area contributed by atoms with Crippen molar-refractivity contribution in [1.82, 2.24) is 0 Å². The summed E-state index contributed by atoms with van der Waals surface area (Å²) in [6.07, 6.45) is -0.628. The van der Waals surface area contributed by atoms with Crippen LogP contribution in [0.25, 0.3) is 0 Å². The van der Waals surface area contributed by atoms with E-state index in [0.717, 1.165) is 11.1 Å². The zero-order valence-corrected chi connectivity index (χ0v) is 20.7. The standard InChI is InChI=1S/C28H25BrF2O4/c1-16(2)21-14-22(17-7-4-3-5-8-17)26(18-9-6-10-19(30)11-18)35-27(21)23-12-20(31)13-24(29)28(23)34-15-25(32)33/h3-13,21-22,26-27H,1,14-15H2,2H3,(H,32,33)/t21-,22-,26+,27+/m1/s1. The number of carbonyl (C=O) groups is 1. The first-order valence-corrected chi connectivity index (χ1v) is 12.0. The van der Waals surface area contributed by atoms with Crippen molar-refractivity contribution >= 4 is 21.9 Å². The molecule has 3 aromatic carbocycles. The second-order valence-electron chi connectivity index (χ2n) is 8.73. The summed E-state index contributed by atoms with van der Waals surface area (Å²) < 4.78 is 41.3. The Kier molecular flexibility index (Phi) is 7.67. The second-order valence-corrected chi connectivity index (χ2v) is 9.58. The van der Waals surface area contributed by atoms with Gasteiger partial charge in [-0.05, 0) is 64.7 Å². The fourth-order valence-corrected chi connectivity index (χ4v) is 5.26. The smallest absolute Gasteiger partial charge is 0.341 e. The van der Waals surface area contributed by atoms with Crippen LogP contribution in [0.4, 0.5) is 8.78 Å². The van der Waals surface area contributed by atoms with Gasteiger partial charge in [0.25, 0.3) is 0 Å². The molecule has 1 aliphatic rings. The average molecular weight is 543 g/mol. The molecule has 3 aromatic rings. The molecule has 4 nitrogen and oxygen atoms in total. The van der Waals surface area contributed by atoms with Gasteiger partial charge < -0.3 is 14.6 Å². The molecule has 1 N–H and O–H groups in total. The summed E-state index contributed by atoms with van der Waals surface area (Å²) in [7, 11) is 0. The minimum Gasteiger partial charge on any atom is -0.480 e. The number of hydrogen-bond donors (Lipinski definition) is 1. The number of ether oxygens (including phenoxy) is 2. The third kappa shape index (κ3) is 5.63. The summed E-state index contributed by atoms with van der Waals surface area (Å²) in [5.74, 6) is -2.21. The third-order valence-electron chi connectivity index (χ3n) is 6.25. The van der Waals surface area contributed by atoms with E-state index in [1.54, 1.807) is 6.07 Å². The highest BCUT2D eigenvalue weighted by atomic mass is 79.9. The SMILES string of the molecule is C=C(C)[C@H]1C[C@H](c2ccccc2)[C@H](c2cccc(F)c2)O[C@@H]1c1cc(F)cc(Br)c1OCC(=O)O. The van der Waals surface area contributed by atoms with Crippen LogP contribution in [-0.4, -0.2) is 17.7 Å². The van der Waals surface area contributed by atoms with Crippen molar-refractivity contribution in [3.63, 3.8) is 0 Å². The first-order chi connectivity index (χ1) is 16.7. The molecule has 1 saturated heterocycles. The molecule has 1 heterocycles. The molecule has 0 radical (unpaired) electrons. The van der Waals surface area contributed by atoms with Crippen LogP contribution in [-0.2, 0) is 9.53 Å². The Morgan fingerprint density at radius 2 is 1.77 bits per heavy atom. The molecule has 0 saturated carbocycles. The Balaban J connectivity index is 1.84. The van der Waals surface area contributed by atoms with E-state index in [2.05, 4.69) is 22.5 Å². The molecular formula is C28H25BrF2O4. The summed E-state index contributed by atoms with van der Waals surface area (Å²) in [5.41, 5.74) is 2.90. The molecule has 35 heavy (non-hydrogen) atoms. The van der Waals surface area contributed by atoms with Gasteiger partial charge in [-0.2, -0.15) is 0 Å². The van der Waals surface area contributed by atoms with Gasteiger partial charge in [-0.25, -0.2) is 13.6 Å². The van der Waals surface area contributed by atoms with Crippen LogP contribution >= 0.6 is 15.9 Å². The van der Waals surface area contributed by atoms with E-state index >= 15 is 0 Å². The van der Waals surface area contributed by atoms with Gasteiger partial charge in [-0.3, -0.25) is 0 Å². The molecule has 0 amide bonds. The first kappa shape index (κ1) is 25.1. The predicted octanol–water partition coefficient (Wildman–Crippen LogP) is 7.37. The zero-order chi connectivity index (χ0) is 25.1. The van der Waals surface area contributed by atoms with Crippen molar-refractivity contribution in [3.8, 4) is 5.75 Å². The van der Waals surface area contributed by atoms with E-state index in [-0.39, 0.29) is 27.9 Å². The Morgan fingerprint density at radius 1 is 1.06 bits per heavy atom. The van der Waals surface area contributed by atoms with Gasteiger partial charge >= 0.3 is 5.97 Å². The molecule has 0 aromatic heterocycles. The van der Waals surface area contributed by atoms with Gasteiger partial charge in [0.1, 0.15) is 17.4 Å². The Hall–Kier alpha value is -3.03. The van der Waals surface area contributed by atoms with E-state index in [4.69, 9.17) is 14.6 Å². The number of carboxylic acid groups (broad SMARTS) is 1. The van der Waals surface area contributed by atoms with Gasteiger partial charge in [0, 0.05) is 17.4 Å². The lowest BCUT2D eigenvalue weighted by atomic mass is 9.74. The van der Waals surface area contributed by atoms with E-state index in [0.29, 0.717) is 17.5 Å². The van der Waals surface area contributed by atoms with Crippen LogP contribution in [0.2, 0.25) is 0 Å². The molecule has 4 rings (SSSR count). The van der Waals surface area contributed by atoms with Gasteiger partial charge in [0.2, 0.25) is 0 Å². The van der Waals surface area contributed by atoms with Crippen molar-refractivity contribution in [2.75, 3.05) is 6.61 Å². The van der Waals surface area contributed by atoms with Crippen molar-refractivity contribution in [2.45, 2.75) is 31.5 Å². The Morgan fingerprint density at radius 3 is 2.43 bits per heavy atom. The van der Waals surface area contributed by atoms with E-state index in [9.17, 15) is 13.6 Å². The number of halogens is 3. The number of benzene rings is 3. The van der Waals surface area contributed by atoms with Crippen molar-refractivity contribution in [1.29, 1.82) is 0 Å². The maximum atomic E-state index is 14.6. The molecule has 1 aliphatic heterocycles. The van der Waals surface area contributed by atoms with Crippen molar-refractivity contribution in [2.24, 2.45) is 5.92 Å². The molecular weight excluding hydrogens is 518 g/mol. The summed E-state index contributed by atoms with van der Waals surface area (Å²) in [6.45, 7) is 5.45. The highest BCUT2D eigenvalue weighted by molar-refractivity contribution is 9.10. The van der Waals surface area contributed by atoms with E-state index in [1.165, 1.54) is 24.3 Å².